The van der Waals surface area contributed by atoms with E-state index in [1.165, 1.54) is 0 Å². The number of hydrogen-bond acceptors (Lipinski definition) is 2. The van der Waals surface area contributed by atoms with Crippen LogP contribution in [0.4, 0.5) is 0 Å². The summed E-state index contributed by atoms with van der Waals surface area (Å²) in [5.74, 6) is -0.884. The molecule has 1 rings (SSSR count). The van der Waals surface area contributed by atoms with Gasteiger partial charge in [0.2, 0.25) is 0 Å². The van der Waals surface area contributed by atoms with Crippen LogP contribution in [0.3, 0.4) is 0 Å². The normalized spacial score (nSPS) is 9.21. The van der Waals surface area contributed by atoms with Crippen LogP contribution in [-0.4, -0.2) is 17.6 Å². The average molecular weight is 216 g/mol. The van der Waals surface area contributed by atoms with Gasteiger partial charge in [0.25, 0.3) is 0 Å². The standard InChI is InChI=1S/C10H13NO2.ClH/c11-7-1-2-8-3-5-9(6-4-8)10(12)13;/h3-6H,1-2,7,11H2,(H,12,13);1H. The van der Waals surface area contributed by atoms with Gasteiger partial charge in [-0.1, -0.05) is 12.1 Å². The molecule has 4 heteroatoms. The molecule has 14 heavy (non-hydrogen) atoms. The Labute approximate surface area is 89.3 Å². The minimum absolute atomic E-state index is 0. The van der Waals surface area contributed by atoms with Crippen molar-refractivity contribution in [2.24, 2.45) is 5.73 Å². The van der Waals surface area contributed by atoms with Gasteiger partial charge in [0, 0.05) is 0 Å². The van der Waals surface area contributed by atoms with E-state index in [1.807, 2.05) is 12.1 Å². The lowest BCUT2D eigenvalue weighted by atomic mass is 10.1. The fourth-order valence-electron chi connectivity index (χ4n) is 1.12. The van der Waals surface area contributed by atoms with Crippen molar-refractivity contribution in [2.45, 2.75) is 12.8 Å². The Morgan fingerprint density at radius 1 is 1.29 bits per heavy atom. The molecule has 0 aliphatic carbocycles. The van der Waals surface area contributed by atoms with E-state index in [9.17, 15) is 4.79 Å². The van der Waals surface area contributed by atoms with Crippen LogP contribution in [0.25, 0.3) is 0 Å². The molecule has 0 saturated carbocycles. The van der Waals surface area contributed by atoms with Gasteiger partial charge < -0.3 is 10.8 Å². The van der Waals surface area contributed by atoms with Crippen molar-refractivity contribution in [3.8, 4) is 0 Å². The number of halogens is 1. The summed E-state index contributed by atoms with van der Waals surface area (Å²) in [6.07, 6.45) is 1.85. The quantitative estimate of drug-likeness (QED) is 0.804. The molecular weight excluding hydrogens is 202 g/mol. The largest absolute Gasteiger partial charge is 0.478 e. The van der Waals surface area contributed by atoms with Crippen molar-refractivity contribution in [3.05, 3.63) is 35.4 Å². The second-order valence-electron chi connectivity index (χ2n) is 2.89. The maximum absolute atomic E-state index is 10.5. The SMILES string of the molecule is Cl.NCCCc1ccc(C(=O)O)cc1. The topological polar surface area (TPSA) is 63.3 Å². The third kappa shape index (κ3) is 3.77. The van der Waals surface area contributed by atoms with Crippen LogP contribution < -0.4 is 5.73 Å². The van der Waals surface area contributed by atoms with E-state index < -0.39 is 5.97 Å². The summed E-state index contributed by atoms with van der Waals surface area (Å²) in [5, 5.41) is 8.63. The minimum atomic E-state index is -0.884. The number of benzene rings is 1. The number of carboxylic acid groups (broad SMARTS) is 1. The number of carbonyl (C=O) groups is 1. The molecule has 1 aromatic carbocycles. The van der Waals surface area contributed by atoms with E-state index >= 15 is 0 Å². The molecular formula is C10H14ClNO2. The Hall–Kier alpha value is -1.06. The van der Waals surface area contributed by atoms with Crippen LogP contribution in [-0.2, 0) is 6.42 Å². The van der Waals surface area contributed by atoms with E-state index in [1.54, 1.807) is 12.1 Å². The van der Waals surface area contributed by atoms with E-state index in [2.05, 4.69) is 0 Å². The molecule has 78 valence electrons. The van der Waals surface area contributed by atoms with Gasteiger partial charge in [-0.25, -0.2) is 4.79 Å². The van der Waals surface area contributed by atoms with E-state index in [-0.39, 0.29) is 12.4 Å². The van der Waals surface area contributed by atoms with Crippen molar-refractivity contribution >= 4 is 18.4 Å². The molecule has 0 fully saturated rings. The highest BCUT2D eigenvalue weighted by Gasteiger charge is 2.00. The molecule has 0 saturated heterocycles. The van der Waals surface area contributed by atoms with Gasteiger partial charge in [0.05, 0.1) is 5.56 Å². The van der Waals surface area contributed by atoms with Crippen molar-refractivity contribution in [2.75, 3.05) is 6.54 Å². The highest BCUT2D eigenvalue weighted by atomic mass is 35.5. The zero-order chi connectivity index (χ0) is 9.68. The number of carboxylic acids is 1. The molecule has 3 N–H and O–H groups in total. The summed E-state index contributed by atoms with van der Waals surface area (Å²) < 4.78 is 0. The molecule has 0 aliphatic heterocycles. The predicted molar refractivity (Wildman–Crippen MR) is 58.0 cm³/mol. The second-order valence-corrected chi connectivity index (χ2v) is 2.89. The van der Waals surface area contributed by atoms with Gasteiger partial charge in [-0.3, -0.25) is 0 Å². The van der Waals surface area contributed by atoms with Crippen molar-refractivity contribution < 1.29 is 9.90 Å². The molecule has 0 heterocycles. The number of rotatable bonds is 4. The Kier molecular flexibility index (Phi) is 5.92. The van der Waals surface area contributed by atoms with Crippen LogP contribution in [0.1, 0.15) is 22.3 Å². The van der Waals surface area contributed by atoms with Gasteiger partial charge in [0.15, 0.2) is 0 Å². The number of aryl methyl sites for hydroxylation is 1. The fourth-order valence-corrected chi connectivity index (χ4v) is 1.12. The number of nitrogens with two attached hydrogens (primary N) is 1. The lowest BCUT2D eigenvalue weighted by Crippen LogP contribution is -2.01. The molecule has 0 atom stereocenters. The number of aromatic carboxylic acids is 1. The number of hydrogen-bond donors (Lipinski definition) is 2. The monoisotopic (exact) mass is 215 g/mol. The molecule has 3 nitrogen and oxygen atoms in total. The first kappa shape index (κ1) is 12.9. The van der Waals surface area contributed by atoms with Gasteiger partial charge in [-0.05, 0) is 37.1 Å². The Balaban J connectivity index is 0.00000169. The van der Waals surface area contributed by atoms with Gasteiger partial charge in [0.1, 0.15) is 0 Å². The Morgan fingerprint density at radius 3 is 2.29 bits per heavy atom. The van der Waals surface area contributed by atoms with E-state index in [0.717, 1.165) is 18.4 Å². The molecule has 0 aromatic heterocycles. The third-order valence-electron chi connectivity index (χ3n) is 1.87. The molecule has 0 bridgehead atoms. The van der Waals surface area contributed by atoms with Gasteiger partial charge in [-0.15, -0.1) is 12.4 Å². The predicted octanol–water partition coefficient (Wildman–Crippen LogP) is 1.70. The molecule has 0 unspecified atom stereocenters. The maximum Gasteiger partial charge on any atom is 0.335 e. The van der Waals surface area contributed by atoms with Crippen LogP contribution in [0.15, 0.2) is 24.3 Å². The molecule has 0 spiro atoms. The maximum atomic E-state index is 10.5. The zero-order valence-electron chi connectivity index (χ0n) is 7.77. The highest BCUT2D eigenvalue weighted by Crippen LogP contribution is 2.06. The minimum Gasteiger partial charge on any atom is -0.478 e. The summed E-state index contributed by atoms with van der Waals surface area (Å²) in [5.41, 5.74) is 6.83. The van der Waals surface area contributed by atoms with Gasteiger partial charge >= 0.3 is 5.97 Å². The summed E-state index contributed by atoms with van der Waals surface area (Å²) in [6.45, 7) is 0.667. The zero-order valence-corrected chi connectivity index (χ0v) is 8.59. The summed E-state index contributed by atoms with van der Waals surface area (Å²) in [6, 6.07) is 6.90. The molecule has 0 aliphatic rings. The highest BCUT2D eigenvalue weighted by molar-refractivity contribution is 5.87. The lowest BCUT2D eigenvalue weighted by molar-refractivity contribution is 0.0697. The van der Waals surface area contributed by atoms with Crippen LogP contribution >= 0.6 is 12.4 Å². The van der Waals surface area contributed by atoms with Crippen molar-refractivity contribution in [1.82, 2.24) is 0 Å². The van der Waals surface area contributed by atoms with Crippen LogP contribution in [0.2, 0.25) is 0 Å². The molecule has 0 amide bonds. The first-order valence-corrected chi connectivity index (χ1v) is 4.26. The van der Waals surface area contributed by atoms with Crippen molar-refractivity contribution in [3.63, 3.8) is 0 Å². The van der Waals surface area contributed by atoms with E-state index in [4.69, 9.17) is 10.8 Å². The Morgan fingerprint density at radius 2 is 1.86 bits per heavy atom. The summed E-state index contributed by atoms with van der Waals surface area (Å²) in [4.78, 5) is 10.5. The first-order chi connectivity index (χ1) is 6.24. The summed E-state index contributed by atoms with van der Waals surface area (Å²) in [7, 11) is 0. The van der Waals surface area contributed by atoms with Crippen LogP contribution in [0, 0.1) is 0 Å². The fraction of sp³-hybridized carbons (Fsp3) is 0.300. The van der Waals surface area contributed by atoms with Crippen LogP contribution in [0.5, 0.6) is 0 Å². The second kappa shape index (κ2) is 6.40. The average Bonchev–Trinajstić information content (AvgIpc) is 2.15. The Bertz CT molecular complexity index is 285. The van der Waals surface area contributed by atoms with E-state index in [0.29, 0.717) is 12.1 Å². The van der Waals surface area contributed by atoms with Crippen molar-refractivity contribution in [1.29, 1.82) is 0 Å². The lowest BCUT2D eigenvalue weighted by Gasteiger charge is -1.99. The smallest absolute Gasteiger partial charge is 0.335 e. The molecule has 0 radical (unpaired) electrons. The molecule has 1 aromatic rings. The van der Waals surface area contributed by atoms with Gasteiger partial charge in [-0.2, -0.15) is 0 Å². The summed E-state index contributed by atoms with van der Waals surface area (Å²) >= 11 is 0. The first-order valence-electron chi connectivity index (χ1n) is 4.26. The third-order valence-corrected chi connectivity index (χ3v) is 1.87.